The fraction of sp³-hybridized carbons (Fsp3) is 0.182. The molecule has 0 aliphatic carbocycles. The van der Waals surface area contributed by atoms with Gasteiger partial charge in [0.15, 0.2) is 6.79 Å². The van der Waals surface area contributed by atoms with Crippen LogP contribution in [0.25, 0.3) is 0 Å². The molecule has 0 aromatic heterocycles. The molecule has 0 radical (unpaired) electrons. The van der Waals surface area contributed by atoms with Crippen molar-refractivity contribution in [2.24, 2.45) is 0 Å². The van der Waals surface area contributed by atoms with Gasteiger partial charge in [-0.3, -0.25) is 0 Å². The van der Waals surface area contributed by atoms with Crippen molar-refractivity contribution in [1.82, 2.24) is 0 Å². The Morgan fingerprint density at radius 3 is 2.50 bits per heavy atom. The highest BCUT2D eigenvalue weighted by Crippen LogP contribution is 2.38. The van der Waals surface area contributed by atoms with Gasteiger partial charge in [0.05, 0.1) is 0 Å². The summed E-state index contributed by atoms with van der Waals surface area (Å²) in [6.45, 7) is 4.38. The van der Waals surface area contributed by atoms with Gasteiger partial charge < -0.3 is 14.6 Å². The van der Waals surface area contributed by atoms with Gasteiger partial charge >= 0.3 is 0 Å². The minimum atomic E-state index is -0.315. The van der Waals surface area contributed by atoms with E-state index in [2.05, 4.69) is 24.1 Å². The summed E-state index contributed by atoms with van der Waals surface area (Å²) in [5, 5.41) is 11.2. The number of thioether (sulfide) groups is 1. The Hall–Kier alpha value is -2.43. The lowest BCUT2D eigenvalue weighted by atomic mass is 10.0. The second kappa shape index (κ2) is 9.32. The molecule has 0 saturated heterocycles. The molecule has 2 aromatic rings. The van der Waals surface area contributed by atoms with Crippen molar-refractivity contribution in [2.75, 3.05) is 6.79 Å². The molecule has 0 fully saturated rings. The normalized spacial score (nSPS) is 20.4. The largest absolute Gasteiger partial charge is 0.488 e. The van der Waals surface area contributed by atoms with E-state index in [0.29, 0.717) is 12.4 Å². The smallest absolute Gasteiger partial charge is 0.186 e. The molecule has 1 aliphatic heterocycles. The molecule has 1 heterocycles. The summed E-state index contributed by atoms with van der Waals surface area (Å²) in [6.07, 6.45) is 4.86. The zero-order valence-corrected chi connectivity index (χ0v) is 15.3. The number of hydrogen-bond acceptors (Lipinski definition) is 4. The predicted octanol–water partition coefficient (Wildman–Crippen LogP) is 5.36. The van der Waals surface area contributed by atoms with Crippen LogP contribution in [0.1, 0.15) is 22.8 Å². The fourth-order valence-electron chi connectivity index (χ4n) is 2.62. The second-order valence-electron chi connectivity index (χ2n) is 5.96. The van der Waals surface area contributed by atoms with Crippen LogP contribution in [0.2, 0.25) is 0 Å². The fourth-order valence-corrected chi connectivity index (χ4v) is 3.69. The van der Waals surface area contributed by atoms with E-state index >= 15 is 0 Å². The third kappa shape index (κ3) is 5.28. The molecule has 26 heavy (non-hydrogen) atoms. The van der Waals surface area contributed by atoms with E-state index < -0.39 is 0 Å². The monoisotopic (exact) mass is 366 g/mol. The minimum Gasteiger partial charge on any atom is -0.488 e. The van der Waals surface area contributed by atoms with Crippen LogP contribution in [-0.2, 0) is 11.3 Å². The summed E-state index contributed by atoms with van der Waals surface area (Å²) in [6, 6.07) is 17.9. The molecule has 0 unspecified atom stereocenters. The minimum absolute atomic E-state index is 0.256. The molecule has 134 valence electrons. The first-order valence-corrected chi connectivity index (χ1v) is 9.41. The zero-order valence-electron chi connectivity index (χ0n) is 14.5. The van der Waals surface area contributed by atoms with Crippen molar-refractivity contribution in [2.45, 2.75) is 18.3 Å². The molecule has 4 heteroatoms. The number of hydrogen-bond donors (Lipinski definition) is 1. The first-order valence-electron chi connectivity index (χ1n) is 8.46. The molecular weight excluding hydrogens is 344 g/mol. The van der Waals surface area contributed by atoms with Gasteiger partial charge in [-0.25, -0.2) is 0 Å². The van der Waals surface area contributed by atoms with Crippen LogP contribution < -0.4 is 4.74 Å². The Morgan fingerprint density at radius 1 is 1.00 bits per heavy atom. The Morgan fingerprint density at radius 2 is 1.77 bits per heavy atom. The summed E-state index contributed by atoms with van der Waals surface area (Å²) in [4.78, 5) is 0. The summed E-state index contributed by atoms with van der Waals surface area (Å²) < 4.78 is 11.0. The van der Waals surface area contributed by atoms with E-state index in [4.69, 9.17) is 14.6 Å². The van der Waals surface area contributed by atoms with Crippen LogP contribution >= 0.6 is 11.8 Å². The third-order valence-electron chi connectivity index (χ3n) is 4.01. The van der Waals surface area contributed by atoms with Crippen LogP contribution in [0.3, 0.4) is 0 Å². The zero-order chi connectivity index (χ0) is 18.2. The average molecular weight is 366 g/mol. The van der Waals surface area contributed by atoms with Gasteiger partial charge in [-0.15, -0.1) is 11.8 Å². The first-order chi connectivity index (χ1) is 12.7. The molecule has 3 rings (SSSR count). The van der Waals surface area contributed by atoms with Gasteiger partial charge in [-0.05, 0) is 35.8 Å². The van der Waals surface area contributed by atoms with Crippen LogP contribution in [0.4, 0.5) is 0 Å². The van der Waals surface area contributed by atoms with Gasteiger partial charge in [0.25, 0.3) is 0 Å². The number of benzene rings is 2. The SMILES string of the molecule is C=C1/C=C\C(OCc2ccccc2)=C/S[C@H](c2ccc(OCO)cc2)C1. The van der Waals surface area contributed by atoms with Gasteiger partial charge in [0, 0.05) is 10.7 Å². The Labute approximate surface area is 158 Å². The predicted molar refractivity (Wildman–Crippen MR) is 107 cm³/mol. The maximum absolute atomic E-state index is 8.84. The highest BCUT2D eigenvalue weighted by Gasteiger charge is 2.15. The summed E-state index contributed by atoms with van der Waals surface area (Å²) >= 11 is 1.73. The lowest BCUT2D eigenvalue weighted by Crippen LogP contribution is -1.99. The molecule has 0 amide bonds. The van der Waals surface area contributed by atoms with E-state index in [0.717, 1.165) is 23.3 Å². The molecule has 3 nitrogen and oxygen atoms in total. The lowest BCUT2D eigenvalue weighted by Gasteiger charge is -2.19. The van der Waals surface area contributed by atoms with Crippen molar-refractivity contribution in [3.05, 3.63) is 101 Å². The molecule has 1 aliphatic rings. The van der Waals surface area contributed by atoms with Gasteiger partial charge in [-0.1, -0.05) is 60.7 Å². The van der Waals surface area contributed by atoms with Gasteiger partial charge in [-0.2, -0.15) is 0 Å². The molecule has 0 bridgehead atoms. The molecule has 0 saturated carbocycles. The van der Waals surface area contributed by atoms with Crippen LogP contribution in [-0.4, -0.2) is 11.9 Å². The van der Waals surface area contributed by atoms with Gasteiger partial charge in [0.2, 0.25) is 0 Å². The number of ether oxygens (including phenoxy) is 2. The summed E-state index contributed by atoms with van der Waals surface area (Å²) in [5.74, 6) is 1.50. The highest BCUT2D eigenvalue weighted by molar-refractivity contribution is 8.02. The van der Waals surface area contributed by atoms with Crippen LogP contribution in [0.5, 0.6) is 5.75 Å². The van der Waals surface area contributed by atoms with E-state index in [1.165, 1.54) is 5.56 Å². The summed E-state index contributed by atoms with van der Waals surface area (Å²) in [5.41, 5.74) is 3.39. The first kappa shape index (κ1) is 18.4. The average Bonchev–Trinajstić information content (AvgIpc) is 2.66. The molecular formula is C22H22O3S. The number of rotatable bonds is 6. The Kier molecular flexibility index (Phi) is 6.58. The maximum Gasteiger partial charge on any atom is 0.186 e. The number of allylic oxidation sites excluding steroid dienone is 3. The van der Waals surface area contributed by atoms with E-state index in [-0.39, 0.29) is 12.0 Å². The maximum atomic E-state index is 8.84. The topological polar surface area (TPSA) is 38.7 Å². The number of aliphatic hydroxyl groups excluding tert-OH is 1. The molecule has 1 atom stereocenters. The van der Waals surface area contributed by atoms with Crippen molar-refractivity contribution in [3.8, 4) is 5.75 Å². The van der Waals surface area contributed by atoms with Crippen LogP contribution in [0, 0.1) is 0 Å². The van der Waals surface area contributed by atoms with Crippen molar-refractivity contribution in [1.29, 1.82) is 0 Å². The second-order valence-corrected chi connectivity index (χ2v) is 7.03. The molecule has 1 N–H and O–H groups in total. The van der Waals surface area contributed by atoms with E-state index in [9.17, 15) is 0 Å². The molecule has 0 spiro atoms. The van der Waals surface area contributed by atoms with Crippen molar-refractivity contribution < 1.29 is 14.6 Å². The van der Waals surface area contributed by atoms with E-state index in [1.807, 2.05) is 54.6 Å². The standard InChI is InChI=1S/C22H22O3S/c1-17-7-10-21(24-14-18-5-3-2-4-6-18)15-26-22(13-17)19-8-11-20(12-9-19)25-16-23/h2-12,15,22-23H,1,13-14,16H2/b10-7-,21-15+/t22-/m0/s1. The van der Waals surface area contributed by atoms with Crippen LogP contribution in [0.15, 0.2) is 90.1 Å². The number of aliphatic hydroxyl groups is 1. The van der Waals surface area contributed by atoms with Crippen molar-refractivity contribution >= 4 is 11.8 Å². The van der Waals surface area contributed by atoms with Crippen molar-refractivity contribution in [3.63, 3.8) is 0 Å². The molecule has 2 aromatic carbocycles. The highest BCUT2D eigenvalue weighted by atomic mass is 32.2. The third-order valence-corrected chi connectivity index (χ3v) is 5.15. The van der Waals surface area contributed by atoms with Gasteiger partial charge in [0.1, 0.15) is 18.1 Å². The Balaban J connectivity index is 1.68. The van der Waals surface area contributed by atoms with E-state index in [1.54, 1.807) is 11.8 Å². The Bertz CT molecular complexity index is 779. The lowest BCUT2D eigenvalue weighted by molar-refractivity contribution is 0.0985. The quantitative estimate of drug-likeness (QED) is 0.698. The summed E-state index contributed by atoms with van der Waals surface area (Å²) in [7, 11) is 0.